The van der Waals surface area contributed by atoms with Gasteiger partial charge < -0.3 is 19.6 Å². The van der Waals surface area contributed by atoms with Gasteiger partial charge in [0, 0.05) is 52.4 Å². The van der Waals surface area contributed by atoms with Crippen molar-refractivity contribution in [1.29, 1.82) is 0 Å². The zero-order valence-electron chi connectivity index (χ0n) is 12.4. The summed E-state index contributed by atoms with van der Waals surface area (Å²) in [6.07, 6.45) is 0. The van der Waals surface area contributed by atoms with Crippen LogP contribution in [0.2, 0.25) is 0 Å². The first-order chi connectivity index (χ1) is 9.74. The van der Waals surface area contributed by atoms with Crippen molar-refractivity contribution < 1.29 is 4.52 Å². The van der Waals surface area contributed by atoms with Crippen molar-refractivity contribution in [3.8, 4) is 0 Å². The molecule has 1 N–H and O–H groups in total. The second-order valence-corrected chi connectivity index (χ2v) is 5.68. The van der Waals surface area contributed by atoms with Gasteiger partial charge in [0.25, 0.3) is 5.95 Å². The summed E-state index contributed by atoms with van der Waals surface area (Å²) in [4.78, 5) is 11.5. The van der Waals surface area contributed by atoms with Gasteiger partial charge in [0.05, 0.1) is 6.04 Å². The predicted octanol–water partition coefficient (Wildman–Crippen LogP) is -0.212. The van der Waals surface area contributed by atoms with Gasteiger partial charge in [0.2, 0.25) is 5.89 Å². The maximum atomic E-state index is 5.48. The minimum atomic E-state index is 0.200. The van der Waals surface area contributed by atoms with Crippen LogP contribution in [0.5, 0.6) is 0 Å². The van der Waals surface area contributed by atoms with E-state index >= 15 is 0 Å². The molecule has 0 aliphatic carbocycles. The Kier molecular flexibility index (Phi) is 4.18. The molecule has 2 aliphatic heterocycles. The Morgan fingerprint density at radius 3 is 2.50 bits per heavy atom. The summed E-state index contributed by atoms with van der Waals surface area (Å²) in [6.45, 7) is 10.3. The zero-order chi connectivity index (χ0) is 13.9. The van der Waals surface area contributed by atoms with Crippen LogP contribution in [-0.4, -0.2) is 79.3 Å². The molecule has 1 aromatic heterocycles. The summed E-state index contributed by atoms with van der Waals surface area (Å²) in [5.41, 5.74) is 0. The SMILES string of the molecule is CC(c1nc(N2CCN(C)CC2)no1)N1CCNCC1. The highest BCUT2D eigenvalue weighted by molar-refractivity contribution is 5.28. The van der Waals surface area contributed by atoms with Crippen LogP contribution < -0.4 is 10.2 Å². The van der Waals surface area contributed by atoms with Crippen molar-refractivity contribution in [2.24, 2.45) is 0 Å². The molecule has 2 fully saturated rings. The fourth-order valence-electron chi connectivity index (χ4n) is 2.76. The first-order valence-electron chi connectivity index (χ1n) is 7.46. The molecule has 112 valence electrons. The lowest BCUT2D eigenvalue weighted by Gasteiger charge is -2.31. The third kappa shape index (κ3) is 2.94. The summed E-state index contributed by atoms with van der Waals surface area (Å²) in [7, 11) is 2.14. The molecule has 7 heteroatoms. The van der Waals surface area contributed by atoms with Gasteiger partial charge in [-0.05, 0) is 19.1 Å². The smallest absolute Gasteiger partial charge is 0.266 e. The second kappa shape index (κ2) is 6.07. The summed E-state index contributed by atoms with van der Waals surface area (Å²) in [5, 5.41) is 7.52. The quantitative estimate of drug-likeness (QED) is 0.822. The van der Waals surface area contributed by atoms with Gasteiger partial charge in [0.1, 0.15) is 0 Å². The van der Waals surface area contributed by atoms with E-state index in [0.717, 1.165) is 64.2 Å². The minimum Gasteiger partial charge on any atom is -0.336 e. The summed E-state index contributed by atoms with van der Waals surface area (Å²) >= 11 is 0. The lowest BCUT2D eigenvalue weighted by atomic mass is 10.2. The lowest BCUT2D eigenvalue weighted by molar-refractivity contribution is 0.154. The van der Waals surface area contributed by atoms with Crippen molar-refractivity contribution in [3.05, 3.63) is 5.89 Å². The van der Waals surface area contributed by atoms with E-state index in [0.29, 0.717) is 0 Å². The van der Waals surface area contributed by atoms with Gasteiger partial charge in [-0.3, -0.25) is 4.90 Å². The minimum absolute atomic E-state index is 0.200. The van der Waals surface area contributed by atoms with Gasteiger partial charge >= 0.3 is 0 Å². The number of anilines is 1. The van der Waals surface area contributed by atoms with E-state index in [9.17, 15) is 0 Å². The highest BCUT2D eigenvalue weighted by Gasteiger charge is 2.25. The van der Waals surface area contributed by atoms with Crippen LogP contribution >= 0.6 is 0 Å². The number of hydrogen-bond donors (Lipinski definition) is 1. The third-order valence-electron chi connectivity index (χ3n) is 4.27. The zero-order valence-corrected chi connectivity index (χ0v) is 12.4. The Balaban J connectivity index is 1.63. The number of aromatic nitrogens is 2. The summed E-state index contributed by atoms with van der Waals surface area (Å²) < 4.78 is 5.48. The van der Waals surface area contributed by atoms with E-state index in [2.05, 4.69) is 44.1 Å². The van der Waals surface area contributed by atoms with Crippen molar-refractivity contribution in [2.75, 3.05) is 64.3 Å². The molecule has 7 nitrogen and oxygen atoms in total. The molecule has 1 atom stereocenters. The van der Waals surface area contributed by atoms with Gasteiger partial charge in [-0.2, -0.15) is 4.98 Å². The van der Waals surface area contributed by atoms with Gasteiger partial charge in [-0.15, -0.1) is 0 Å². The third-order valence-corrected chi connectivity index (χ3v) is 4.27. The Morgan fingerprint density at radius 1 is 1.10 bits per heavy atom. The van der Waals surface area contributed by atoms with Crippen LogP contribution in [0.25, 0.3) is 0 Å². The Morgan fingerprint density at radius 2 is 1.80 bits per heavy atom. The molecule has 0 amide bonds. The summed E-state index contributed by atoms with van der Waals surface area (Å²) in [5.74, 6) is 1.48. The second-order valence-electron chi connectivity index (χ2n) is 5.68. The normalized spacial score (nSPS) is 24.0. The molecule has 0 bridgehead atoms. The summed E-state index contributed by atoms with van der Waals surface area (Å²) in [6, 6.07) is 0.200. The highest BCUT2D eigenvalue weighted by atomic mass is 16.5. The van der Waals surface area contributed by atoms with Crippen LogP contribution in [-0.2, 0) is 0 Å². The predicted molar refractivity (Wildman–Crippen MR) is 76.9 cm³/mol. The number of nitrogens with zero attached hydrogens (tertiary/aromatic N) is 5. The standard InChI is InChI=1S/C13H24N6O/c1-11(18-5-3-14-4-6-18)12-15-13(16-20-12)19-9-7-17(2)8-10-19/h11,14H,3-10H2,1-2H3. The van der Waals surface area contributed by atoms with E-state index < -0.39 is 0 Å². The molecular weight excluding hydrogens is 256 g/mol. The van der Waals surface area contributed by atoms with Crippen LogP contribution in [0.15, 0.2) is 4.52 Å². The molecule has 1 aromatic rings. The van der Waals surface area contributed by atoms with Crippen LogP contribution in [0.1, 0.15) is 18.9 Å². The molecule has 0 aromatic carbocycles. The highest BCUT2D eigenvalue weighted by Crippen LogP contribution is 2.21. The first kappa shape index (κ1) is 13.8. The number of hydrogen-bond acceptors (Lipinski definition) is 7. The monoisotopic (exact) mass is 280 g/mol. The molecule has 0 spiro atoms. The fourth-order valence-corrected chi connectivity index (χ4v) is 2.76. The number of piperazine rings is 2. The molecule has 3 rings (SSSR count). The maximum Gasteiger partial charge on any atom is 0.266 e. The lowest BCUT2D eigenvalue weighted by Crippen LogP contribution is -2.45. The van der Waals surface area contributed by atoms with Crippen molar-refractivity contribution in [1.82, 2.24) is 25.3 Å². The number of nitrogens with one attached hydrogen (secondary N) is 1. The average molecular weight is 280 g/mol. The molecule has 2 aliphatic rings. The van der Waals surface area contributed by atoms with Crippen molar-refractivity contribution in [2.45, 2.75) is 13.0 Å². The Labute approximate surface area is 119 Å². The fraction of sp³-hybridized carbons (Fsp3) is 0.846. The molecule has 0 radical (unpaired) electrons. The number of rotatable bonds is 3. The Bertz CT molecular complexity index is 422. The van der Waals surface area contributed by atoms with Crippen LogP contribution in [0, 0.1) is 0 Å². The molecule has 1 unspecified atom stereocenters. The average Bonchev–Trinajstić information content (AvgIpc) is 2.98. The van der Waals surface area contributed by atoms with Gasteiger partial charge in [-0.1, -0.05) is 0 Å². The maximum absolute atomic E-state index is 5.48. The molecule has 20 heavy (non-hydrogen) atoms. The van der Waals surface area contributed by atoms with Gasteiger partial charge in [-0.25, -0.2) is 0 Å². The van der Waals surface area contributed by atoms with Gasteiger partial charge in [0.15, 0.2) is 0 Å². The van der Waals surface area contributed by atoms with E-state index in [-0.39, 0.29) is 6.04 Å². The van der Waals surface area contributed by atoms with E-state index in [4.69, 9.17) is 4.52 Å². The molecule has 3 heterocycles. The largest absolute Gasteiger partial charge is 0.336 e. The van der Waals surface area contributed by atoms with E-state index in [1.54, 1.807) is 0 Å². The van der Waals surface area contributed by atoms with Crippen molar-refractivity contribution >= 4 is 5.95 Å². The Hall–Kier alpha value is -1.18. The molecular formula is C13H24N6O. The van der Waals surface area contributed by atoms with E-state index in [1.807, 2.05) is 0 Å². The molecule has 2 saturated heterocycles. The topological polar surface area (TPSA) is 60.7 Å². The van der Waals surface area contributed by atoms with Crippen LogP contribution in [0.4, 0.5) is 5.95 Å². The first-order valence-corrected chi connectivity index (χ1v) is 7.46. The van der Waals surface area contributed by atoms with Crippen LogP contribution in [0.3, 0.4) is 0 Å². The molecule has 0 saturated carbocycles. The van der Waals surface area contributed by atoms with Crippen molar-refractivity contribution in [3.63, 3.8) is 0 Å². The number of likely N-dealkylation sites (N-methyl/N-ethyl adjacent to an activating group) is 1. The van der Waals surface area contributed by atoms with E-state index in [1.165, 1.54) is 0 Å².